The SMILES string of the molecule is CC(C)(C)c1ccc(CCSc2cnn(C(C)(C)C)c(=O)c2Cl)cc1. The molecule has 2 rings (SSSR count). The first kappa shape index (κ1) is 20.1. The van der Waals surface area contributed by atoms with Crippen molar-refractivity contribution in [1.82, 2.24) is 9.78 Å². The van der Waals surface area contributed by atoms with Crippen LogP contribution in [0.3, 0.4) is 0 Å². The van der Waals surface area contributed by atoms with Crippen LogP contribution in [0.4, 0.5) is 0 Å². The third-order valence-electron chi connectivity index (χ3n) is 3.99. The minimum Gasteiger partial charge on any atom is -0.266 e. The maximum Gasteiger partial charge on any atom is 0.287 e. The first-order valence-corrected chi connectivity index (χ1v) is 9.87. The van der Waals surface area contributed by atoms with E-state index < -0.39 is 0 Å². The fraction of sp³-hybridized carbons (Fsp3) is 0.500. The number of nitrogens with zero attached hydrogens (tertiary/aromatic N) is 2. The zero-order chi connectivity index (χ0) is 18.8. The molecule has 0 aliphatic heterocycles. The summed E-state index contributed by atoms with van der Waals surface area (Å²) in [6.45, 7) is 12.5. The lowest BCUT2D eigenvalue weighted by Crippen LogP contribution is -2.36. The number of hydrogen-bond donors (Lipinski definition) is 0. The summed E-state index contributed by atoms with van der Waals surface area (Å²) in [5, 5.41) is 4.54. The highest BCUT2D eigenvalue weighted by molar-refractivity contribution is 7.99. The van der Waals surface area contributed by atoms with Crippen LogP contribution in [0.15, 0.2) is 40.2 Å². The maximum absolute atomic E-state index is 12.4. The number of halogens is 1. The van der Waals surface area contributed by atoms with E-state index in [-0.39, 0.29) is 21.5 Å². The molecule has 136 valence electrons. The van der Waals surface area contributed by atoms with Gasteiger partial charge in [-0.2, -0.15) is 5.10 Å². The number of thioether (sulfide) groups is 1. The highest BCUT2D eigenvalue weighted by Gasteiger charge is 2.19. The van der Waals surface area contributed by atoms with E-state index in [2.05, 4.69) is 50.1 Å². The summed E-state index contributed by atoms with van der Waals surface area (Å²) in [5.41, 5.74) is 2.19. The smallest absolute Gasteiger partial charge is 0.266 e. The molecule has 0 bridgehead atoms. The number of aromatic nitrogens is 2. The Morgan fingerprint density at radius 3 is 2.20 bits per heavy atom. The van der Waals surface area contributed by atoms with Crippen LogP contribution < -0.4 is 5.56 Å². The third kappa shape index (κ3) is 5.11. The number of benzene rings is 1. The summed E-state index contributed by atoms with van der Waals surface area (Å²) < 4.78 is 1.44. The highest BCUT2D eigenvalue weighted by Crippen LogP contribution is 2.26. The second-order valence-electron chi connectivity index (χ2n) is 8.26. The molecule has 0 amide bonds. The van der Waals surface area contributed by atoms with E-state index in [0.717, 1.165) is 17.1 Å². The minimum absolute atomic E-state index is 0.170. The summed E-state index contributed by atoms with van der Waals surface area (Å²) in [5.74, 6) is 0.856. The van der Waals surface area contributed by atoms with E-state index in [9.17, 15) is 4.79 Å². The van der Waals surface area contributed by atoms with Crippen molar-refractivity contribution in [3.8, 4) is 0 Å². The lowest BCUT2D eigenvalue weighted by atomic mass is 9.86. The molecular formula is C20H27ClN2OS. The third-order valence-corrected chi connectivity index (χ3v) is 5.50. The van der Waals surface area contributed by atoms with Crippen molar-refractivity contribution in [2.24, 2.45) is 0 Å². The molecule has 2 aromatic rings. The fourth-order valence-electron chi connectivity index (χ4n) is 2.45. The summed E-state index contributed by atoms with van der Waals surface area (Å²) in [4.78, 5) is 13.1. The van der Waals surface area contributed by atoms with Crippen molar-refractivity contribution in [3.05, 3.63) is 57.0 Å². The van der Waals surface area contributed by atoms with Crippen molar-refractivity contribution in [2.45, 2.75) is 63.8 Å². The van der Waals surface area contributed by atoms with Crippen LogP contribution >= 0.6 is 23.4 Å². The van der Waals surface area contributed by atoms with Crippen LogP contribution in [0.25, 0.3) is 0 Å². The molecule has 0 N–H and O–H groups in total. The topological polar surface area (TPSA) is 34.9 Å². The van der Waals surface area contributed by atoms with E-state index in [4.69, 9.17) is 11.6 Å². The molecule has 0 aliphatic rings. The first-order valence-electron chi connectivity index (χ1n) is 8.50. The Morgan fingerprint density at radius 1 is 1.08 bits per heavy atom. The van der Waals surface area contributed by atoms with Gasteiger partial charge in [0.25, 0.3) is 5.56 Å². The summed E-state index contributed by atoms with van der Waals surface area (Å²) >= 11 is 7.84. The Balaban J connectivity index is 2.03. The molecule has 25 heavy (non-hydrogen) atoms. The van der Waals surface area contributed by atoms with Crippen molar-refractivity contribution in [3.63, 3.8) is 0 Å². The van der Waals surface area contributed by atoms with Crippen LogP contribution in [-0.2, 0) is 17.4 Å². The van der Waals surface area contributed by atoms with Crippen LogP contribution in [-0.4, -0.2) is 15.5 Å². The van der Waals surface area contributed by atoms with E-state index >= 15 is 0 Å². The van der Waals surface area contributed by atoms with Crippen LogP contribution in [0.2, 0.25) is 5.02 Å². The average molecular weight is 379 g/mol. The van der Waals surface area contributed by atoms with Gasteiger partial charge in [-0.1, -0.05) is 56.6 Å². The van der Waals surface area contributed by atoms with Gasteiger partial charge in [0.15, 0.2) is 0 Å². The molecule has 0 radical (unpaired) electrons. The second kappa shape index (κ2) is 7.55. The van der Waals surface area contributed by atoms with Crippen molar-refractivity contribution in [2.75, 3.05) is 5.75 Å². The Hall–Kier alpha value is -1.26. The lowest BCUT2D eigenvalue weighted by molar-refractivity contribution is 0.336. The highest BCUT2D eigenvalue weighted by atomic mass is 35.5. The maximum atomic E-state index is 12.4. The Morgan fingerprint density at radius 2 is 1.68 bits per heavy atom. The Kier molecular flexibility index (Phi) is 6.05. The van der Waals surface area contributed by atoms with Crippen molar-refractivity contribution < 1.29 is 0 Å². The number of aryl methyl sites for hydroxylation is 1. The van der Waals surface area contributed by atoms with Gasteiger partial charge >= 0.3 is 0 Å². The molecule has 0 spiro atoms. The van der Waals surface area contributed by atoms with Gasteiger partial charge in [0.1, 0.15) is 5.02 Å². The van der Waals surface area contributed by atoms with Gasteiger partial charge < -0.3 is 0 Å². The van der Waals surface area contributed by atoms with Gasteiger partial charge in [0.05, 0.1) is 16.6 Å². The molecule has 3 nitrogen and oxygen atoms in total. The summed E-state index contributed by atoms with van der Waals surface area (Å²) in [6.07, 6.45) is 2.62. The van der Waals surface area contributed by atoms with Crippen molar-refractivity contribution >= 4 is 23.4 Å². The van der Waals surface area contributed by atoms with E-state index in [1.54, 1.807) is 18.0 Å². The number of hydrogen-bond acceptors (Lipinski definition) is 3. The van der Waals surface area contributed by atoms with Gasteiger partial charge in [-0.25, -0.2) is 4.68 Å². The van der Waals surface area contributed by atoms with E-state index in [0.29, 0.717) is 0 Å². The zero-order valence-corrected chi connectivity index (χ0v) is 17.5. The van der Waals surface area contributed by atoms with Gasteiger partial charge in [-0.05, 0) is 43.7 Å². The van der Waals surface area contributed by atoms with Gasteiger partial charge in [0, 0.05) is 5.75 Å². The molecular weight excluding hydrogens is 352 g/mol. The average Bonchev–Trinajstić information content (AvgIpc) is 2.50. The standard InChI is InChI=1S/C20H27ClN2OS/c1-19(2,3)15-9-7-14(8-10-15)11-12-25-16-13-22-23(20(4,5)6)18(24)17(16)21/h7-10,13H,11-12H2,1-6H3. The molecule has 0 saturated heterocycles. The molecule has 0 saturated carbocycles. The Labute approximate surface area is 159 Å². The molecule has 0 atom stereocenters. The molecule has 1 aromatic carbocycles. The van der Waals surface area contributed by atoms with Gasteiger partial charge in [0.2, 0.25) is 0 Å². The predicted molar refractivity (Wildman–Crippen MR) is 108 cm³/mol. The molecule has 0 unspecified atom stereocenters. The Bertz CT molecular complexity index is 783. The van der Waals surface area contributed by atoms with Crippen LogP contribution in [0.5, 0.6) is 0 Å². The number of rotatable bonds is 4. The summed E-state index contributed by atoms with van der Waals surface area (Å²) in [6, 6.07) is 8.75. The molecule has 1 aromatic heterocycles. The van der Waals surface area contributed by atoms with E-state index in [1.807, 2.05) is 20.8 Å². The summed E-state index contributed by atoms with van der Waals surface area (Å²) in [7, 11) is 0. The minimum atomic E-state index is -0.376. The molecule has 0 fully saturated rings. The molecule has 0 aliphatic carbocycles. The van der Waals surface area contributed by atoms with E-state index in [1.165, 1.54) is 15.8 Å². The largest absolute Gasteiger partial charge is 0.287 e. The van der Waals surface area contributed by atoms with Crippen LogP contribution in [0, 0.1) is 0 Å². The molecule has 5 heteroatoms. The van der Waals surface area contributed by atoms with Crippen LogP contribution in [0.1, 0.15) is 52.7 Å². The monoisotopic (exact) mass is 378 g/mol. The lowest BCUT2D eigenvalue weighted by Gasteiger charge is -2.21. The fourth-order valence-corrected chi connectivity index (χ4v) is 3.63. The van der Waals surface area contributed by atoms with Crippen molar-refractivity contribution in [1.29, 1.82) is 0 Å². The normalized spacial score (nSPS) is 12.4. The second-order valence-corrected chi connectivity index (χ2v) is 9.77. The predicted octanol–water partition coefficient (Wildman–Crippen LogP) is 5.28. The molecule has 1 heterocycles. The van der Waals surface area contributed by atoms with Gasteiger partial charge in [-0.15, -0.1) is 11.8 Å². The first-order chi connectivity index (χ1) is 11.5. The quantitative estimate of drug-likeness (QED) is 0.678. The zero-order valence-electron chi connectivity index (χ0n) is 15.9. The van der Waals surface area contributed by atoms with Gasteiger partial charge in [-0.3, -0.25) is 4.79 Å².